The van der Waals surface area contributed by atoms with Crippen molar-refractivity contribution in [1.29, 1.82) is 0 Å². The fourth-order valence-corrected chi connectivity index (χ4v) is 1.12. The molecule has 0 bridgehead atoms. The van der Waals surface area contributed by atoms with Crippen molar-refractivity contribution in [3.8, 4) is 0 Å². The summed E-state index contributed by atoms with van der Waals surface area (Å²) in [6.07, 6.45) is 4.03. The molecule has 3 heteroatoms. The molecule has 0 radical (unpaired) electrons. The van der Waals surface area contributed by atoms with Crippen molar-refractivity contribution >= 4 is 17.4 Å². The van der Waals surface area contributed by atoms with E-state index in [-0.39, 0.29) is 5.78 Å². The van der Waals surface area contributed by atoms with E-state index in [1.165, 1.54) is 0 Å². The first-order valence-electron chi connectivity index (χ1n) is 3.75. The Morgan fingerprint density at radius 3 is 3.00 bits per heavy atom. The van der Waals surface area contributed by atoms with Gasteiger partial charge in [-0.05, 0) is 6.42 Å². The number of carbonyl (C=O) groups is 1. The smallest absolute Gasteiger partial charge is 0.159 e. The van der Waals surface area contributed by atoms with E-state index in [2.05, 4.69) is 0 Å². The van der Waals surface area contributed by atoms with Crippen LogP contribution in [0.1, 0.15) is 19.3 Å². The van der Waals surface area contributed by atoms with Gasteiger partial charge in [0.2, 0.25) is 0 Å². The first-order chi connectivity index (χ1) is 5.33. The minimum Gasteiger partial charge on any atom is -0.497 e. The molecule has 1 aliphatic rings. The second-order valence-corrected chi connectivity index (χ2v) is 2.85. The van der Waals surface area contributed by atoms with Gasteiger partial charge in [-0.1, -0.05) is 0 Å². The summed E-state index contributed by atoms with van der Waals surface area (Å²) in [6.45, 7) is 0.501. The van der Waals surface area contributed by atoms with Crippen molar-refractivity contribution in [2.45, 2.75) is 19.3 Å². The fourth-order valence-electron chi connectivity index (χ4n) is 1.04. The van der Waals surface area contributed by atoms with E-state index in [0.29, 0.717) is 18.9 Å². The van der Waals surface area contributed by atoms with Crippen LogP contribution in [0.15, 0.2) is 11.8 Å². The minimum atomic E-state index is 0.167. The molecule has 0 aromatic rings. The van der Waals surface area contributed by atoms with Crippen LogP contribution in [0, 0.1) is 0 Å². The van der Waals surface area contributed by atoms with E-state index < -0.39 is 0 Å². The summed E-state index contributed by atoms with van der Waals surface area (Å²) in [5.41, 5.74) is 0. The van der Waals surface area contributed by atoms with Gasteiger partial charge in [0.05, 0.1) is 11.6 Å². The highest BCUT2D eigenvalue weighted by Crippen LogP contribution is 2.15. The molecule has 1 aliphatic carbocycles. The summed E-state index contributed by atoms with van der Waals surface area (Å²) < 4.78 is 5.21. The summed E-state index contributed by atoms with van der Waals surface area (Å²) in [5, 5.41) is 0. The lowest BCUT2D eigenvalue weighted by molar-refractivity contribution is -0.115. The molecule has 0 aliphatic heterocycles. The maximum absolute atomic E-state index is 10.8. The Hall–Kier alpha value is -0.500. The molecule has 0 amide bonds. The number of rotatable bonds is 3. The predicted octanol–water partition coefficient (Wildman–Crippen LogP) is 1.88. The maximum Gasteiger partial charge on any atom is 0.159 e. The lowest BCUT2D eigenvalue weighted by Gasteiger charge is -2.12. The number of halogens is 1. The summed E-state index contributed by atoms with van der Waals surface area (Å²) in [4.78, 5) is 10.8. The SMILES string of the molecule is O=C1C=C(OCCCl)CCC1. The van der Waals surface area contributed by atoms with Crippen LogP contribution in [0.2, 0.25) is 0 Å². The summed E-state index contributed by atoms with van der Waals surface area (Å²) >= 11 is 5.42. The van der Waals surface area contributed by atoms with Gasteiger partial charge in [-0.25, -0.2) is 0 Å². The largest absolute Gasteiger partial charge is 0.497 e. The van der Waals surface area contributed by atoms with Gasteiger partial charge < -0.3 is 4.74 Å². The molecule has 0 aromatic heterocycles. The van der Waals surface area contributed by atoms with Crippen LogP contribution >= 0.6 is 11.6 Å². The van der Waals surface area contributed by atoms with Crippen LogP contribution < -0.4 is 0 Å². The molecule has 0 fully saturated rings. The van der Waals surface area contributed by atoms with Crippen molar-refractivity contribution in [2.24, 2.45) is 0 Å². The van der Waals surface area contributed by atoms with Gasteiger partial charge in [0.1, 0.15) is 6.61 Å². The van der Waals surface area contributed by atoms with Gasteiger partial charge in [-0.2, -0.15) is 0 Å². The standard InChI is InChI=1S/C8H11ClO2/c9-4-5-11-8-3-1-2-7(10)6-8/h6H,1-5H2. The van der Waals surface area contributed by atoms with Gasteiger partial charge in [0, 0.05) is 18.9 Å². The Kier molecular flexibility index (Phi) is 3.43. The van der Waals surface area contributed by atoms with Crippen LogP contribution in [0.4, 0.5) is 0 Å². The van der Waals surface area contributed by atoms with Crippen molar-refractivity contribution in [3.63, 3.8) is 0 Å². The third kappa shape index (κ3) is 2.93. The highest BCUT2D eigenvalue weighted by Gasteiger charge is 2.09. The molecule has 0 heterocycles. The van der Waals surface area contributed by atoms with E-state index in [1.54, 1.807) is 6.08 Å². The average molecular weight is 175 g/mol. The third-order valence-corrected chi connectivity index (χ3v) is 1.69. The van der Waals surface area contributed by atoms with E-state index in [4.69, 9.17) is 16.3 Å². The van der Waals surface area contributed by atoms with Crippen LogP contribution in [0.5, 0.6) is 0 Å². The number of allylic oxidation sites excluding steroid dienone is 2. The van der Waals surface area contributed by atoms with Gasteiger partial charge >= 0.3 is 0 Å². The van der Waals surface area contributed by atoms with Crippen molar-refractivity contribution in [2.75, 3.05) is 12.5 Å². The Labute approximate surface area is 71.2 Å². The van der Waals surface area contributed by atoms with Crippen LogP contribution in [-0.2, 0) is 9.53 Å². The molecule has 0 aromatic carbocycles. The molecule has 11 heavy (non-hydrogen) atoms. The quantitative estimate of drug-likeness (QED) is 0.611. The number of alkyl halides is 1. The number of carbonyl (C=O) groups excluding carboxylic acids is 1. The molecular formula is C8H11ClO2. The summed E-state index contributed by atoms with van der Waals surface area (Å²) in [6, 6.07) is 0. The van der Waals surface area contributed by atoms with Gasteiger partial charge in [0.25, 0.3) is 0 Å². The molecule has 1 rings (SSSR count). The minimum absolute atomic E-state index is 0.167. The zero-order valence-electron chi connectivity index (χ0n) is 6.31. The summed E-state index contributed by atoms with van der Waals surface area (Å²) in [7, 11) is 0. The molecule has 0 atom stereocenters. The van der Waals surface area contributed by atoms with Gasteiger partial charge in [-0.3, -0.25) is 4.79 Å². The highest BCUT2D eigenvalue weighted by atomic mass is 35.5. The lowest BCUT2D eigenvalue weighted by Crippen LogP contribution is -2.06. The van der Waals surface area contributed by atoms with Crippen molar-refractivity contribution in [3.05, 3.63) is 11.8 Å². The maximum atomic E-state index is 10.8. The first-order valence-corrected chi connectivity index (χ1v) is 4.28. The topological polar surface area (TPSA) is 26.3 Å². The summed E-state index contributed by atoms with van der Waals surface area (Å²) in [5.74, 6) is 1.44. The third-order valence-electron chi connectivity index (χ3n) is 1.53. The molecule has 2 nitrogen and oxygen atoms in total. The van der Waals surface area contributed by atoms with E-state index in [0.717, 1.165) is 18.6 Å². The number of hydrogen-bond donors (Lipinski definition) is 0. The molecule has 0 spiro atoms. The van der Waals surface area contributed by atoms with Crippen molar-refractivity contribution < 1.29 is 9.53 Å². The molecule has 62 valence electrons. The Morgan fingerprint density at radius 1 is 1.55 bits per heavy atom. The Balaban J connectivity index is 2.37. The molecule has 0 saturated heterocycles. The van der Waals surface area contributed by atoms with Crippen LogP contribution in [-0.4, -0.2) is 18.3 Å². The van der Waals surface area contributed by atoms with Crippen molar-refractivity contribution in [1.82, 2.24) is 0 Å². The normalized spacial score (nSPS) is 17.9. The van der Waals surface area contributed by atoms with Crippen LogP contribution in [0.25, 0.3) is 0 Å². The Morgan fingerprint density at radius 2 is 2.36 bits per heavy atom. The second kappa shape index (κ2) is 4.39. The monoisotopic (exact) mass is 174 g/mol. The number of ketones is 1. The average Bonchev–Trinajstić information content (AvgIpc) is 2.01. The predicted molar refractivity (Wildman–Crippen MR) is 43.6 cm³/mol. The number of hydrogen-bond acceptors (Lipinski definition) is 2. The second-order valence-electron chi connectivity index (χ2n) is 2.47. The van der Waals surface area contributed by atoms with E-state index in [9.17, 15) is 4.79 Å². The zero-order chi connectivity index (χ0) is 8.10. The van der Waals surface area contributed by atoms with Gasteiger partial charge in [-0.15, -0.1) is 11.6 Å². The van der Waals surface area contributed by atoms with E-state index >= 15 is 0 Å². The Bertz CT molecular complexity index is 175. The lowest BCUT2D eigenvalue weighted by atomic mass is 10.1. The molecule has 0 saturated carbocycles. The highest BCUT2D eigenvalue weighted by molar-refractivity contribution is 6.17. The van der Waals surface area contributed by atoms with Crippen LogP contribution in [0.3, 0.4) is 0 Å². The van der Waals surface area contributed by atoms with Gasteiger partial charge in [0.15, 0.2) is 5.78 Å². The first kappa shape index (κ1) is 8.60. The molecular weight excluding hydrogens is 164 g/mol. The number of ether oxygens (including phenoxy) is 1. The molecule has 0 unspecified atom stereocenters. The van der Waals surface area contributed by atoms with E-state index in [1.807, 2.05) is 0 Å². The molecule has 0 N–H and O–H groups in total. The zero-order valence-corrected chi connectivity index (χ0v) is 7.06. The fraction of sp³-hybridized carbons (Fsp3) is 0.625.